The van der Waals surface area contributed by atoms with Crippen molar-refractivity contribution in [2.24, 2.45) is 0 Å². The van der Waals surface area contributed by atoms with Crippen LogP contribution in [0.5, 0.6) is 0 Å². The third kappa shape index (κ3) is 3.00. The molecule has 4 heteroatoms. The van der Waals surface area contributed by atoms with Crippen LogP contribution in [0.25, 0.3) is 0 Å². The molecule has 13 heavy (non-hydrogen) atoms. The van der Waals surface area contributed by atoms with E-state index in [1.807, 2.05) is 0 Å². The predicted octanol–water partition coefficient (Wildman–Crippen LogP) is 3.60. The molecule has 0 aromatic heterocycles. The van der Waals surface area contributed by atoms with Gasteiger partial charge in [-0.25, -0.2) is 4.79 Å². The number of hydrogen-bond acceptors (Lipinski definition) is 3. The molecule has 0 radical (unpaired) electrons. The number of rotatable bonds is 2. The predicted molar refractivity (Wildman–Crippen MR) is 57.7 cm³/mol. The highest BCUT2D eigenvalue weighted by Crippen LogP contribution is 2.34. The molecule has 1 aliphatic rings. The Balaban J connectivity index is 2.52. The van der Waals surface area contributed by atoms with Gasteiger partial charge in [-0.2, -0.15) is 0 Å². The Labute approximate surface area is 92.9 Å². The first kappa shape index (κ1) is 11.1. The summed E-state index contributed by atoms with van der Waals surface area (Å²) >= 11 is 1.56. The molecule has 0 bridgehead atoms. The highest BCUT2D eigenvalue weighted by Gasteiger charge is 2.34. The molecule has 0 spiro atoms. The van der Waals surface area contributed by atoms with Gasteiger partial charge in [0.05, 0.1) is 0 Å². The maximum atomic E-state index is 11.0. The van der Waals surface area contributed by atoms with Gasteiger partial charge in [0.15, 0.2) is 23.0 Å². The van der Waals surface area contributed by atoms with Crippen molar-refractivity contribution in [1.82, 2.24) is 0 Å². The van der Waals surface area contributed by atoms with Gasteiger partial charge in [0.25, 0.3) is 0 Å². The Kier molecular flexibility index (Phi) is 4.28. The van der Waals surface area contributed by atoms with Crippen molar-refractivity contribution in [2.75, 3.05) is 0 Å². The zero-order valence-corrected chi connectivity index (χ0v) is 10.0. The number of hydrogen-bond donors (Lipinski definition) is 0. The van der Waals surface area contributed by atoms with Crippen LogP contribution < -0.4 is 0 Å². The van der Waals surface area contributed by atoms with Gasteiger partial charge in [-0.3, -0.25) is 0 Å². The maximum Gasteiger partial charge on any atom is 0.518 e. The van der Waals surface area contributed by atoms with Crippen molar-refractivity contribution >= 4 is 29.2 Å². The second-order valence-electron chi connectivity index (χ2n) is 3.53. The van der Waals surface area contributed by atoms with Crippen LogP contribution in [-0.2, 0) is 7.80 Å². The van der Waals surface area contributed by atoms with Crippen LogP contribution >= 0.6 is 23.0 Å². The molecule has 1 rings (SSSR count). The third-order valence-corrected chi connectivity index (χ3v) is 3.13. The van der Waals surface area contributed by atoms with Crippen molar-refractivity contribution in [3.05, 3.63) is 0 Å². The van der Waals surface area contributed by atoms with E-state index in [1.54, 1.807) is 23.0 Å². The minimum Gasteiger partial charge on any atom is -0.427 e. The lowest BCUT2D eigenvalue weighted by Gasteiger charge is -2.34. The maximum absolute atomic E-state index is 11.0. The topological polar surface area (TPSA) is 35.5 Å². The molecular weight excluding hydrogens is 283 g/mol. The van der Waals surface area contributed by atoms with E-state index < -0.39 is 6.16 Å². The van der Waals surface area contributed by atoms with E-state index >= 15 is 0 Å². The van der Waals surface area contributed by atoms with Crippen molar-refractivity contribution in [2.45, 2.75) is 51.0 Å². The summed E-state index contributed by atoms with van der Waals surface area (Å²) in [5.74, 6) is 0. The molecule has 3 nitrogen and oxygen atoms in total. The second kappa shape index (κ2) is 5.02. The first-order chi connectivity index (χ1) is 6.22. The lowest BCUT2D eigenvalue weighted by Crippen LogP contribution is -2.36. The van der Waals surface area contributed by atoms with E-state index in [9.17, 15) is 4.79 Å². The minimum atomic E-state index is -0.552. The number of carbonyl (C=O) groups is 1. The average molecular weight is 298 g/mol. The Morgan fingerprint density at radius 1 is 1.38 bits per heavy atom. The summed E-state index contributed by atoms with van der Waals surface area (Å²) in [4.78, 5) is 11.0. The molecule has 1 saturated carbocycles. The van der Waals surface area contributed by atoms with Crippen LogP contribution in [0, 0.1) is 0 Å². The van der Waals surface area contributed by atoms with Crippen LogP contribution in [0.3, 0.4) is 0 Å². The van der Waals surface area contributed by atoms with E-state index in [0.29, 0.717) is 0 Å². The number of halogens is 1. The fourth-order valence-corrected chi connectivity index (χ4v) is 2.01. The van der Waals surface area contributed by atoms with Crippen molar-refractivity contribution in [3.63, 3.8) is 0 Å². The van der Waals surface area contributed by atoms with Crippen molar-refractivity contribution in [1.29, 1.82) is 0 Å². The summed E-state index contributed by atoms with van der Waals surface area (Å²) in [6.07, 6.45) is 5.86. The lowest BCUT2D eigenvalue weighted by atomic mass is 9.83. The summed E-state index contributed by atoms with van der Waals surface area (Å²) in [6, 6.07) is 0. The van der Waals surface area contributed by atoms with Gasteiger partial charge in [0.1, 0.15) is 5.60 Å². The van der Waals surface area contributed by atoms with Gasteiger partial charge in [-0.15, -0.1) is 0 Å². The Morgan fingerprint density at radius 2 is 2.00 bits per heavy atom. The normalized spacial score (nSPS) is 20.8. The standard InChI is InChI=1S/C9H15IO3/c1-2-9(12-8(11)13-10)6-4-3-5-7-9/h2-7H2,1H3. The van der Waals surface area contributed by atoms with E-state index in [4.69, 9.17) is 4.74 Å². The second-order valence-corrected chi connectivity index (χ2v) is 3.97. The fourth-order valence-electron chi connectivity index (χ4n) is 1.92. The van der Waals surface area contributed by atoms with Gasteiger partial charge < -0.3 is 7.80 Å². The molecule has 0 unspecified atom stereocenters. The van der Waals surface area contributed by atoms with Gasteiger partial charge in [-0.05, 0) is 32.1 Å². The number of ether oxygens (including phenoxy) is 1. The van der Waals surface area contributed by atoms with E-state index in [2.05, 4.69) is 9.99 Å². The molecular formula is C9H15IO3. The Morgan fingerprint density at radius 3 is 2.46 bits per heavy atom. The monoisotopic (exact) mass is 298 g/mol. The Bertz CT molecular complexity index is 176. The zero-order valence-electron chi connectivity index (χ0n) is 7.85. The van der Waals surface area contributed by atoms with Crippen LogP contribution in [0.2, 0.25) is 0 Å². The molecule has 76 valence electrons. The van der Waals surface area contributed by atoms with Crippen LogP contribution in [-0.4, -0.2) is 11.8 Å². The van der Waals surface area contributed by atoms with E-state index in [-0.39, 0.29) is 5.60 Å². The molecule has 0 amide bonds. The van der Waals surface area contributed by atoms with E-state index in [0.717, 1.165) is 32.1 Å². The van der Waals surface area contributed by atoms with Gasteiger partial charge in [0, 0.05) is 0 Å². The summed E-state index contributed by atoms with van der Waals surface area (Å²) in [7, 11) is 0. The molecule has 0 aromatic rings. The van der Waals surface area contributed by atoms with Gasteiger partial charge in [0.2, 0.25) is 0 Å². The molecule has 1 fully saturated rings. The quantitative estimate of drug-likeness (QED) is 0.577. The fraction of sp³-hybridized carbons (Fsp3) is 0.889. The molecule has 1 aliphatic carbocycles. The lowest BCUT2D eigenvalue weighted by molar-refractivity contribution is -0.0345. The smallest absolute Gasteiger partial charge is 0.427 e. The molecule has 0 saturated heterocycles. The van der Waals surface area contributed by atoms with E-state index in [1.165, 1.54) is 6.42 Å². The van der Waals surface area contributed by atoms with Crippen molar-refractivity contribution < 1.29 is 12.6 Å². The van der Waals surface area contributed by atoms with Crippen LogP contribution in [0.1, 0.15) is 45.4 Å². The molecule has 0 heterocycles. The third-order valence-electron chi connectivity index (χ3n) is 2.77. The number of carbonyl (C=O) groups excluding carboxylic acids is 1. The first-order valence-electron chi connectivity index (χ1n) is 4.74. The van der Waals surface area contributed by atoms with Crippen LogP contribution in [0.4, 0.5) is 4.79 Å². The summed E-state index contributed by atoms with van der Waals surface area (Å²) in [6.45, 7) is 2.06. The summed E-state index contributed by atoms with van der Waals surface area (Å²) in [5.41, 5.74) is -0.236. The highest BCUT2D eigenvalue weighted by molar-refractivity contribution is 14.1. The first-order valence-corrected chi connectivity index (χ1v) is 5.62. The van der Waals surface area contributed by atoms with Gasteiger partial charge in [-0.1, -0.05) is 13.3 Å². The van der Waals surface area contributed by atoms with Gasteiger partial charge >= 0.3 is 6.16 Å². The highest BCUT2D eigenvalue weighted by atomic mass is 127. The van der Waals surface area contributed by atoms with Crippen LogP contribution in [0.15, 0.2) is 0 Å². The summed E-state index contributed by atoms with van der Waals surface area (Å²) < 4.78 is 9.80. The SMILES string of the molecule is CCC1(OC(=O)OI)CCCCC1. The largest absolute Gasteiger partial charge is 0.518 e. The summed E-state index contributed by atoms with van der Waals surface area (Å²) in [5, 5.41) is 0. The average Bonchev–Trinajstić information content (AvgIpc) is 2.19. The minimum absolute atomic E-state index is 0.236. The molecule has 0 atom stereocenters. The molecule has 0 N–H and O–H groups in total. The molecule has 0 aliphatic heterocycles. The Hall–Kier alpha value is 0. The zero-order chi connectivity index (χ0) is 9.73. The van der Waals surface area contributed by atoms with Crippen molar-refractivity contribution in [3.8, 4) is 0 Å². The molecule has 0 aromatic carbocycles.